The number of carbonyl (C=O) groups excluding carboxylic acids is 1. The van der Waals surface area contributed by atoms with Crippen LogP contribution in [-0.2, 0) is 9.53 Å². The van der Waals surface area contributed by atoms with Crippen molar-refractivity contribution in [3.63, 3.8) is 0 Å². The number of ether oxygens (including phenoxy) is 2. The quantitative estimate of drug-likeness (QED) is 0.310. The van der Waals surface area contributed by atoms with Gasteiger partial charge in [-0.2, -0.15) is 0 Å². The van der Waals surface area contributed by atoms with Crippen molar-refractivity contribution in [1.29, 1.82) is 0 Å². The van der Waals surface area contributed by atoms with Crippen LogP contribution in [0.1, 0.15) is 55.4 Å². The Bertz CT molecular complexity index is 1250. The van der Waals surface area contributed by atoms with Gasteiger partial charge in [-0.25, -0.2) is 4.79 Å². The summed E-state index contributed by atoms with van der Waals surface area (Å²) in [6.07, 6.45) is 3.35. The molecule has 1 aliphatic carbocycles. The van der Waals surface area contributed by atoms with Gasteiger partial charge < -0.3 is 19.0 Å². The molecule has 1 fully saturated rings. The molecule has 0 bridgehead atoms. The predicted molar refractivity (Wildman–Crippen MR) is 140 cm³/mol. The van der Waals surface area contributed by atoms with Gasteiger partial charge >= 0.3 is 12.1 Å². The van der Waals surface area contributed by atoms with E-state index in [2.05, 4.69) is 21.2 Å². The summed E-state index contributed by atoms with van der Waals surface area (Å²) in [5.74, 6) is 0.131. The van der Waals surface area contributed by atoms with E-state index in [4.69, 9.17) is 13.9 Å². The number of aliphatic carboxylic acids is 1. The lowest BCUT2D eigenvalue weighted by Gasteiger charge is -2.28. The maximum atomic E-state index is 12.7. The Morgan fingerprint density at radius 2 is 1.92 bits per heavy atom. The van der Waals surface area contributed by atoms with Crippen molar-refractivity contribution in [2.75, 3.05) is 5.32 Å². The number of carboxylic acids is 1. The number of benzene rings is 2. The minimum atomic E-state index is -0.757. The molecule has 190 valence electrons. The summed E-state index contributed by atoms with van der Waals surface area (Å²) in [5, 5.41) is 12.2. The van der Waals surface area contributed by atoms with Crippen LogP contribution in [0.25, 0.3) is 11.3 Å². The first kappa shape index (κ1) is 25.8. The first-order chi connectivity index (χ1) is 17.2. The largest absolute Gasteiger partial charge is 0.490 e. The minimum absolute atomic E-state index is 0.117. The van der Waals surface area contributed by atoms with Crippen LogP contribution in [0.3, 0.4) is 0 Å². The van der Waals surface area contributed by atoms with Gasteiger partial charge in [0.2, 0.25) is 0 Å². The van der Waals surface area contributed by atoms with E-state index in [1.807, 2.05) is 63.2 Å². The molecule has 1 aliphatic rings. The molecule has 0 saturated heterocycles. The van der Waals surface area contributed by atoms with Gasteiger partial charge in [0.05, 0.1) is 24.0 Å². The highest BCUT2D eigenvalue weighted by Crippen LogP contribution is 2.37. The normalized spacial score (nSPS) is 18.3. The van der Waals surface area contributed by atoms with E-state index in [0.29, 0.717) is 30.0 Å². The van der Waals surface area contributed by atoms with Gasteiger partial charge in [0.25, 0.3) is 0 Å². The van der Waals surface area contributed by atoms with Crippen LogP contribution in [0.5, 0.6) is 5.75 Å². The zero-order chi connectivity index (χ0) is 25.8. The van der Waals surface area contributed by atoms with Crippen molar-refractivity contribution in [2.24, 2.45) is 5.92 Å². The number of rotatable bonds is 7. The highest BCUT2D eigenvalue weighted by atomic mass is 79.9. The number of hydrogen-bond donors (Lipinski definition) is 2. The first-order valence-electron chi connectivity index (χ1n) is 12.0. The topological polar surface area (TPSA) is 98.0 Å². The molecule has 0 spiro atoms. The Kier molecular flexibility index (Phi) is 8.04. The molecule has 0 unspecified atom stereocenters. The Balaban J connectivity index is 1.46. The number of anilines is 1. The first-order valence-corrected chi connectivity index (χ1v) is 12.8. The molecular formula is C28H30BrNO6. The number of carbonyl (C=O) groups is 2. The van der Waals surface area contributed by atoms with Crippen molar-refractivity contribution in [3.8, 4) is 17.1 Å². The summed E-state index contributed by atoms with van der Waals surface area (Å²) in [6, 6.07) is 13.3. The van der Waals surface area contributed by atoms with Crippen molar-refractivity contribution in [1.82, 2.24) is 0 Å². The van der Waals surface area contributed by atoms with Crippen LogP contribution >= 0.6 is 15.9 Å². The minimum Gasteiger partial charge on any atom is -0.490 e. The van der Waals surface area contributed by atoms with E-state index < -0.39 is 18.2 Å². The van der Waals surface area contributed by atoms with Gasteiger partial charge in [-0.3, -0.25) is 10.1 Å². The van der Waals surface area contributed by atoms with Crippen molar-refractivity contribution in [2.45, 2.75) is 58.7 Å². The predicted octanol–water partition coefficient (Wildman–Crippen LogP) is 7.66. The monoisotopic (exact) mass is 555 g/mol. The van der Waals surface area contributed by atoms with Crippen molar-refractivity contribution < 1.29 is 28.6 Å². The van der Waals surface area contributed by atoms with Crippen LogP contribution in [0.15, 0.2) is 57.6 Å². The molecule has 2 aromatic carbocycles. The number of hydrogen-bond acceptors (Lipinski definition) is 5. The van der Waals surface area contributed by atoms with Gasteiger partial charge in [0.1, 0.15) is 11.9 Å². The molecule has 1 amide bonds. The zero-order valence-corrected chi connectivity index (χ0v) is 22.1. The van der Waals surface area contributed by atoms with Crippen LogP contribution < -0.4 is 10.1 Å². The molecule has 7 nitrogen and oxygen atoms in total. The third-order valence-corrected chi connectivity index (χ3v) is 7.26. The lowest BCUT2D eigenvalue weighted by atomic mass is 9.87. The highest BCUT2D eigenvalue weighted by Gasteiger charge is 2.28. The maximum Gasteiger partial charge on any atom is 0.412 e. The number of nitrogens with one attached hydrogen (secondary N) is 1. The molecule has 0 radical (unpaired) electrons. The second kappa shape index (κ2) is 11.2. The summed E-state index contributed by atoms with van der Waals surface area (Å²) in [5.41, 5.74) is 3.87. The van der Waals surface area contributed by atoms with Crippen molar-refractivity contribution >= 4 is 33.7 Å². The second-order valence-electron chi connectivity index (χ2n) is 9.24. The fourth-order valence-electron chi connectivity index (χ4n) is 4.55. The lowest BCUT2D eigenvalue weighted by molar-refractivity contribution is -0.143. The fraction of sp³-hybridized carbons (Fsp3) is 0.357. The molecule has 8 heteroatoms. The van der Waals surface area contributed by atoms with Gasteiger partial charge in [-0.15, -0.1) is 0 Å². The Morgan fingerprint density at radius 1 is 1.14 bits per heavy atom. The van der Waals surface area contributed by atoms with Crippen LogP contribution in [0, 0.1) is 19.8 Å². The third-order valence-electron chi connectivity index (χ3n) is 6.54. The Morgan fingerprint density at radius 3 is 2.64 bits per heavy atom. The van der Waals surface area contributed by atoms with E-state index in [9.17, 15) is 14.7 Å². The van der Waals surface area contributed by atoms with Crippen LogP contribution in [-0.4, -0.2) is 23.3 Å². The SMILES string of the molecule is Cc1cc(-c2occ(C)c2NC(=O)O[C@H](C)c2ccccc2Br)ccc1O[C@H]1CCC[C@H](C(=O)O)C1. The summed E-state index contributed by atoms with van der Waals surface area (Å²) in [7, 11) is 0. The Hall–Kier alpha value is -3.26. The third kappa shape index (κ3) is 5.93. The van der Waals surface area contributed by atoms with Crippen LogP contribution in [0.2, 0.25) is 0 Å². The summed E-state index contributed by atoms with van der Waals surface area (Å²) >= 11 is 3.49. The number of furan rings is 1. The lowest BCUT2D eigenvalue weighted by Crippen LogP contribution is -2.29. The average molecular weight is 556 g/mol. The molecule has 1 heterocycles. The van der Waals surface area contributed by atoms with E-state index in [1.54, 1.807) is 6.26 Å². The van der Waals surface area contributed by atoms with E-state index in [-0.39, 0.29) is 12.0 Å². The molecule has 4 rings (SSSR count). The standard InChI is InChI=1S/C28H30BrNO6/c1-16-13-19(11-12-24(16)36-21-8-6-7-20(14-21)27(31)32)26-25(17(2)15-34-26)30-28(33)35-18(3)22-9-4-5-10-23(22)29/h4-5,9-13,15,18,20-21H,6-8,14H2,1-3H3,(H,30,33)(H,31,32)/t18-,20+,21+/m1/s1. The number of carboxylic acid groups (broad SMARTS) is 1. The maximum absolute atomic E-state index is 12.7. The van der Waals surface area contributed by atoms with Gasteiger partial charge in [0, 0.05) is 21.2 Å². The molecule has 0 aliphatic heterocycles. The fourth-order valence-corrected chi connectivity index (χ4v) is 5.16. The van der Waals surface area contributed by atoms with E-state index in [0.717, 1.165) is 39.6 Å². The van der Waals surface area contributed by atoms with Gasteiger partial charge in [-0.05, 0) is 76.3 Å². The molecule has 1 aromatic heterocycles. The second-order valence-corrected chi connectivity index (χ2v) is 10.1. The molecule has 36 heavy (non-hydrogen) atoms. The molecule has 2 N–H and O–H groups in total. The molecule has 3 aromatic rings. The Labute approximate surface area is 218 Å². The van der Waals surface area contributed by atoms with Crippen molar-refractivity contribution in [3.05, 3.63) is 69.9 Å². The molecule has 1 saturated carbocycles. The van der Waals surface area contributed by atoms with Crippen LogP contribution in [0.4, 0.5) is 10.5 Å². The van der Waals surface area contributed by atoms with E-state index >= 15 is 0 Å². The zero-order valence-electron chi connectivity index (χ0n) is 20.5. The summed E-state index contributed by atoms with van der Waals surface area (Å²) in [6.45, 7) is 5.61. The van der Waals surface area contributed by atoms with Gasteiger partial charge in [-0.1, -0.05) is 34.1 Å². The molecular weight excluding hydrogens is 526 g/mol. The summed E-state index contributed by atoms with van der Waals surface area (Å²) < 4.78 is 18.4. The number of amides is 1. The average Bonchev–Trinajstić information content (AvgIpc) is 3.20. The smallest absolute Gasteiger partial charge is 0.412 e. The number of halogens is 1. The number of aryl methyl sites for hydroxylation is 2. The van der Waals surface area contributed by atoms with Gasteiger partial charge in [0.15, 0.2) is 5.76 Å². The highest BCUT2D eigenvalue weighted by molar-refractivity contribution is 9.10. The van der Waals surface area contributed by atoms with E-state index in [1.165, 1.54) is 0 Å². The summed E-state index contributed by atoms with van der Waals surface area (Å²) in [4.78, 5) is 24.1. The molecule has 3 atom stereocenters.